The average molecular weight is 605 g/mol. The van der Waals surface area contributed by atoms with Crippen molar-refractivity contribution >= 4 is 50.7 Å². The van der Waals surface area contributed by atoms with Crippen LogP contribution >= 0.6 is 23.2 Å². The Morgan fingerprint density at radius 2 is 1.57 bits per heavy atom. The number of nitrogens with zero attached hydrogens (tertiary/aromatic N) is 2. The summed E-state index contributed by atoms with van der Waals surface area (Å²) in [5.74, 6) is -0.627. The summed E-state index contributed by atoms with van der Waals surface area (Å²) >= 11 is 12.2. The van der Waals surface area contributed by atoms with Crippen molar-refractivity contribution in [1.82, 2.24) is 10.2 Å². The van der Waals surface area contributed by atoms with Crippen LogP contribution in [0.1, 0.15) is 30.5 Å². The zero-order valence-electron chi connectivity index (χ0n) is 23.1. The number of hydrogen-bond acceptors (Lipinski definition) is 4. The molecule has 0 bridgehead atoms. The third-order valence-electron chi connectivity index (χ3n) is 6.43. The topological polar surface area (TPSA) is 86.8 Å². The van der Waals surface area contributed by atoms with E-state index in [0.717, 1.165) is 27.3 Å². The van der Waals surface area contributed by atoms with Gasteiger partial charge in [-0.25, -0.2) is 8.42 Å². The summed E-state index contributed by atoms with van der Waals surface area (Å²) in [4.78, 5) is 29.2. The summed E-state index contributed by atoms with van der Waals surface area (Å²) in [6, 6.07) is 20.5. The lowest BCUT2D eigenvalue weighted by Crippen LogP contribution is -2.53. The van der Waals surface area contributed by atoms with Gasteiger partial charge >= 0.3 is 0 Å². The van der Waals surface area contributed by atoms with Gasteiger partial charge in [0.15, 0.2) is 0 Å². The standard InChI is InChI=1S/C30H35Cl2N3O4S/c1-21(2)18-33-30(37)28(16-23-11-6-5-7-12-23)34(19-24-13-9-8-10-22(24)3)29(36)20-35(40(4,38)39)25-14-15-26(31)27(32)17-25/h5-15,17,21,28H,16,18-20H2,1-4H3,(H,33,37)/t28-/m0/s1. The van der Waals surface area contributed by atoms with Crippen molar-refractivity contribution in [2.45, 2.75) is 39.8 Å². The predicted molar refractivity (Wildman–Crippen MR) is 162 cm³/mol. The first-order valence-corrected chi connectivity index (χ1v) is 15.6. The fraction of sp³-hybridized carbons (Fsp3) is 0.333. The molecule has 3 aromatic rings. The number of nitrogens with one attached hydrogen (secondary N) is 1. The molecule has 0 aliphatic heterocycles. The maximum Gasteiger partial charge on any atom is 0.244 e. The zero-order valence-corrected chi connectivity index (χ0v) is 25.4. The van der Waals surface area contributed by atoms with Crippen molar-refractivity contribution in [2.24, 2.45) is 5.92 Å². The highest BCUT2D eigenvalue weighted by Crippen LogP contribution is 2.29. The van der Waals surface area contributed by atoms with E-state index in [9.17, 15) is 18.0 Å². The van der Waals surface area contributed by atoms with E-state index in [4.69, 9.17) is 23.2 Å². The van der Waals surface area contributed by atoms with Gasteiger partial charge in [0.2, 0.25) is 21.8 Å². The number of amides is 2. The number of carbonyl (C=O) groups is 2. The highest BCUT2D eigenvalue weighted by atomic mass is 35.5. The molecule has 10 heteroatoms. The molecule has 7 nitrogen and oxygen atoms in total. The van der Waals surface area contributed by atoms with Gasteiger partial charge in [-0.15, -0.1) is 0 Å². The summed E-state index contributed by atoms with van der Waals surface area (Å²) < 4.78 is 26.7. The Kier molecular flexibility index (Phi) is 11.0. The van der Waals surface area contributed by atoms with Crippen LogP contribution < -0.4 is 9.62 Å². The smallest absolute Gasteiger partial charge is 0.244 e. The molecule has 1 atom stereocenters. The second-order valence-corrected chi connectivity index (χ2v) is 12.9. The van der Waals surface area contributed by atoms with Gasteiger partial charge in [-0.2, -0.15) is 0 Å². The fourth-order valence-electron chi connectivity index (χ4n) is 4.20. The van der Waals surface area contributed by atoms with Gasteiger partial charge in [0, 0.05) is 19.5 Å². The Hall–Kier alpha value is -3.07. The predicted octanol–water partition coefficient (Wildman–Crippen LogP) is 5.48. The van der Waals surface area contributed by atoms with Crippen molar-refractivity contribution in [3.05, 3.63) is 99.5 Å². The van der Waals surface area contributed by atoms with Crippen LogP contribution in [0.4, 0.5) is 5.69 Å². The average Bonchev–Trinajstić information content (AvgIpc) is 2.90. The van der Waals surface area contributed by atoms with Gasteiger partial charge in [0.1, 0.15) is 12.6 Å². The maximum absolute atomic E-state index is 14.1. The molecule has 0 saturated heterocycles. The third-order valence-corrected chi connectivity index (χ3v) is 8.31. The van der Waals surface area contributed by atoms with Crippen LogP contribution in [0.25, 0.3) is 0 Å². The Morgan fingerprint density at radius 3 is 2.17 bits per heavy atom. The number of aryl methyl sites for hydroxylation is 1. The Morgan fingerprint density at radius 1 is 0.925 bits per heavy atom. The molecule has 1 N–H and O–H groups in total. The SMILES string of the molecule is Cc1ccccc1CN(C(=O)CN(c1ccc(Cl)c(Cl)c1)S(C)(=O)=O)[C@@H](Cc1ccccc1)C(=O)NCC(C)C. The molecule has 2 amide bonds. The van der Waals surface area contributed by atoms with Gasteiger partial charge in [-0.3, -0.25) is 13.9 Å². The minimum Gasteiger partial charge on any atom is -0.354 e. The van der Waals surface area contributed by atoms with Crippen molar-refractivity contribution in [3.63, 3.8) is 0 Å². The van der Waals surface area contributed by atoms with Crippen molar-refractivity contribution in [3.8, 4) is 0 Å². The van der Waals surface area contributed by atoms with Gasteiger partial charge in [-0.1, -0.05) is 91.6 Å². The Labute approximate surface area is 247 Å². The van der Waals surface area contributed by atoms with E-state index in [0.29, 0.717) is 6.54 Å². The second-order valence-electron chi connectivity index (χ2n) is 10.2. The van der Waals surface area contributed by atoms with E-state index in [1.54, 1.807) is 0 Å². The fourth-order valence-corrected chi connectivity index (χ4v) is 5.34. The van der Waals surface area contributed by atoms with Crippen LogP contribution in [0.5, 0.6) is 0 Å². The summed E-state index contributed by atoms with van der Waals surface area (Å²) in [5.41, 5.74) is 2.88. The minimum atomic E-state index is -3.90. The number of rotatable bonds is 12. The van der Waals surface area contributed by atoms with E-state index < -0.39 is 28.5 Å². The first-order valence-electron chi connectivity index (χ1n) is 12.9. The normalized spacial score (nSPS) is 12.2. The number of benzene rings is 3. The van der Waals surface area contributed by atoms with E-state index in [1.165, 1.54) is 23.1 Å². The van der Waals surface area contributed by atoms with Crippen LogP contribution in [0.3, 0.4) is 0 Å². The molecule has 3 rings (SSSR count). The summed E-state index contributed by atoms with van der Waals surface area (Å²) in [6.45, 7) is 5.95. The highest BCUT2D eigenvalue weighted by Gasteiger charge is 2.33. The van der Waals surface area contributed by atoms with Gasteiger partial charge in [-0.05, 0) is 47.7 Å². The van der Waals surface area contributed by atoms with Crippen molar-refractivity contribution in [1.29, 1.82) is 0 Å². The van der Waals surface area contributed by atoms with Gasteiger partial charge in [0.05, 0.1) is 22.0 Å². The molecular formula is C30H35Cl2N3O4S. The number of hydrogen-bond donors (Lipinski definition) is 1. The van der Waals surface area contributed by atoms with Crippen molar-refractivity contribution in [2.75, 3.05) is 23.7 Å². The number of halogens is 2. The summed E-state index contributed by atoms with van der Waals surface area (Å²) in [7, 11) is -3.90. The molecule has 40 heavy (non-hydrogen) atoms. The van der Waals surface area contributed by atoms with Gasteiger partial charge in [0.25, 0.3) is 0 Å². The van der Waals surface area contributed by atoms with E-state index in [-0.39, 0.29) is 40.5 Å². The molecule has 0 aliphatic rings. The quantitative estimate of drug-likeness (QED) is 0.297. The van der Waals surface area contributed by atoms with Crippen LogP contribution in [0, 0.1) is 12.8 Å². The monoisotopic (exact) mass is 603 g/mol. The van der Waals surface area contributed by atoms with E-state index in [1.807, 2.05) is 75.4 Å². The Balaban J connectivity index is 2.07. The molecule has 0 heterocycles. The zero-order chi connectivity index (χ0) is 29.4. The van der Waals surface area contributed by atoms with Crippen LogP contribution in [-0.2, 0) is 32.6 Å². The molecular weight excluding hydrogens is 569 g/mol. The highest BCUT2D eigenvalue weighted by molar-refractivity contribution is 7.92. The third kappa shape index (κ3) is 8.71. The van der Waals surface area contributed by atoms with Crippen LogP contribution in [-0.4, -0.2) is 50.5 Å². The summed E-state index contributed by atoms with van der Waals surface area (Å²) in [6.07, 6.45) is 1.28. The maximum atomic E-state index is 14.1. The molecule has 0 aromatic heterocycles. The van der Waals surface area contributed by atoms with E-state index in [2.05, 4.69) is 5.32 Å². The molecule has 214 valence electrons. The molecule has 0 aliphatic carbocycles. The van der Waals surface area contributed by atoms with E-state index >= 15 is 0 Å². The molecule has 0 radical (unpaired) electrons. The summed E-state index contributed by atoms with van der Waals surface area (Å²) in [5, 5.41) is 3.39. The lowest BCUT2D eigenvalue weighted by molar-refractivity contribution is -0.140. The largest absolute Gasteiger partial charge is 0.354 e. The molecule has 3 aromatic carbocycles. The molecule has 0 unspecified atom stereocenters. The molecule has 0 spiro atoms. The first kappa shape index (κ1) is 31.5. The number of sulfonamides is 1. The molecule has 0 saturated carbocycles. The first-order chi connectivity index (χ1) is 18.9. The van der Waals surface area contributed by atoms with Crippen molar-refractivity contribution < 1.29 is 18.0 Å². The lowest BCUT2D eigenvalue weighted by Gasteiger charge is -2.34. The lowest BCUT2D eigenvalue weighted by atomic mass is 10.0. The van der Waals surface area contributed by atoms with Gasteiger partial charge < -0.3 is 10.2 Å². The second kappa shape index (κ2) is 14.0. The molecule has 0 fully saturated rings. The van der Waals surface area contributed by atoms with Crippen LogP contribution in [0.2, 0.25) is 10.0 Å². The number of carbonyl (C=O) groups excluding carboxylic acids is 2. The number of anilines is 1. The van der Waals surface area contributed by atoms with Crippen LogP contribution in [0.15, 0.2) is 72.8 Å². The minimum absolute atomic E-state index is 0.122. The Bertz CT molecular complexity index is 1430.